The molecule has 0 spiro atoms. The molecule has 0 bridgehead atoms. The van der Waals surface area contributed by atoms with Crippen molar-refractivity contribution in [3.63, 3.8) is 0 Å². The lowest BCUT2D eigenvalue weighted by atomic mass is 9.94. The Morgan fingerprint density at radius 3 is 1.94 bits per heavy atom. The molecule has 1 aliphatic rings. The maximum Gasteiger partial charge on any atom is 0.338 e. The van der Waals surface area contributed by atoms with Crippen LogP contribution in [0.15, 0.2) is 65.8 Å². The largest absolute Gasteiger partial charge is 0.454 e. The summed E-state index contributed by atoms with van der Waals surface area (Å²) < 4.78 is 22.6. The van der Waals surface area contributed by atoms with Crippen LogP contribution < -0.4 is 0 Å². The van der Waals surface area contributed by atoms with Crippen molar-refractivity contribution < 1.29 is 28.5 Å². The Bertz CT molecular complexity index is 933. The number of azide groups is 1. The minimum Gasteiger partial charge on any atom is -0.454 e. The average Bonchev–Trinajstić information content (AvgIpc) is 2.82. The highest BCUT2D eigenvalue weighted by atomic mass is 16.7. The van der Waals surface area contributed by atoms with E-state index in [2.05, 4.69) is 10.0 Å². The number of methoxy groups -OCH3 is 1. The van der Waals surface area contributed by atoms with Crippen molar-refractivity contribution in [2.24, 2.45) is 5.11 Å². The first-order valence-electron chi connectivity index (χ1n) is 9.83. The zero-order valence-electron chi connectivity index (χ0n) is 17.2. The summed E-state index contributed by atoms with van der Waals surface area (Å²) in [4.78, 5) is 28.4. The minimum absolute atomic E-state index is 0.309. The van der Waals surface area contributed by atoms with Crippen molar-refractivity contribution in [1.29, 1.82) is 0 Å². The zero-order valence-corrected chi connectivity index (χ0v) is 17.2. The van der Waals surface area contributed by atoms with Crippen molar-refractivity contribution in [2.75, 3.05) is 7.11 Å². The van der Waals surface area contributed by atoms with Crippen LogP contribution in [0.4, 0.5) is 0 Å². The van der Waals surface area contributed by atoms with E-state index in [1.54, 1.807) is 60.7 Å². The Morgan fingerprint density at radius 2 is 1.48 bits per heavy atom. The van der Waals surface area contributed by atoms with Gasteiger partial charge in [0.25, 0.3) is 0 Å². The van der Waals surface area contributed by atoms with Crippen molar-refractivity contribution in [1.82, 2.24) is 0 Å². The van der Waals surface area contributed by atoms with Crippen molar-refractivity contribution in [2.45, 2.75) is 44.0 Å². The lowest BCUT2D eigenvalue weighted by Gasteiger charge is -2.43. The molecule has 31 heavy (non-hydrogen) atoms. The third kappa shape index (κ3) is 5.21. The van der Waals surface area contributed by atoms with Gasteiger partial charge in [-0.3, -0.25) is 0 Å². The van der Waals surface area contributed by atoms with Crippen LogP contribution in [0.5, 0.6) is 0 Å². The summed E-state index contributed by atoms with van der Waals surface area (Å²) in [6.07, 6.45) is -3.41. The van der Waals surface area contributed by atoms with Gasteiger partial charge in [-0.1, -0.05) is 48.4 Å². The van der Waals surface area contributed by atoms with E-state index >= 15 is 0 Å². The first-order valence-corrected chi connectivity index (χ1v) is 9.83. The van der Waals surface area contributed by atoms with Gasteiger partial charge in [-0.15, -0.1) is 0 Å². The fourth-order valence-electron chi connectivity index (χ4n) is 3.41. The van der Waals surface area contributed by atoms with Crippen LogP contribution in [0.2, 0.25) is 0 Å². The van der Waals surface area contributed by atoms with Crippen molar-refractivity contribution in [3.05, 3.63) is 82.2 Å². The normalized spacial score (nSPS) is 25.2. The Balaban J connectivity index is 1.94. The minimum atomic E-state index is -1.15. The number of nitrogens with zero attached hydrogens (tertiary/aromatic N) is 3. The molecule has 1 fully saturated rings. The number of hydrogen-bond acceptors (Lipinski definition) is 7. The van der Waals surface area contributed by atoms with Gasteiger partial charge in [0.2, 0.25) is 0 Å². The predicted molar refractivity (Wildman–Crippen MR) is 110 cm³/mol. The molecule has 3 rings (SSSR count). The average molecular weight is 425 g/mol. The molecule has 0 radical (unpaired) electrons. The van der Waals surface area contributed by atoms with E-state index in [1.807, 2.05) is 6.92 Å². The molecule has 1 aliphatic heterocycles. The lowest BCUT2D eigenvalue weighted by Crippen LogP contribution is -2.59. The third-order valence-electron chi connectivity index (χ3n) is 4.94. The quantitative estimate of drug-likeness (QED) is 0.287. The number of benzene rings is 2. The zero-order chi connectivity index (χ0) is 22.2. The SMILES string of the molecule is CC[C@H]1O[C@H](OC)[C@H](OC(=O)c2ccccc2)[C@@H](OC(=O)c2ccccc2)[C@@H]1N=[N+]=[N-]. The highest BCUT2D eigenvalue weighted by Gasteiger charge is 2.50. The van der Waals surface area contributed by atoms with E-state index in [4.69, 9.17) is 24.5 Å². The molecule has 162 valence electrons. The van der Waals surface area contributed by atoms with Gasteiger partial charge in [-0.25, -0.2) is 9.59 Å². The first-order chi connectivity index (χ1) is 15.1. The number of rotatable bonds is 7. The molecule has 9 nitrogen and oxygen atoms in total. The summed E-state index contributed by atoms with van der Waals surface area (Å²) in [6.45, 7) is 1.84. The van der Waals surface area contributed by atoms with Gasteiger partial charge >= 0.3 is 11.9 Å². The van der Waals surface area contributed by atoms with Gasteiger partial charge in [0, 0.05) is 12.0 Å². The molecule has 2 aromatic rings. The molecule has 5 atom stereocenters. The molecule has 0 aromatic heterocycles. The first kappa shape index (κ1) is 22.3. The second-order valence-corrected chi connectivity index (χ2v) is 6.85. The monoisotopic (exact) mass is 425 g/mol. The lowest BCUT2D eigenvalue weighted by molar-refractivity contribution is -0.262. The maximum absolute atomic E-state index is 12.8. The number of carbonyl (C=O) groups excluding carboxylic acids is 2. The Hall–Kier alpha value is -3.39. The second-order valence-electron chi connectivity index (χ2n) is 6.85. The molecular formula is C22H23N3O6. The molecule has 9 heteroatoms. The van der Waals surface area contributed by atoms with Gasteiger partial charge in [-0.05, 0) is 36.2 Å². The summed E-state index contributed by atoms with van der Waals surface area (Å²) in [5.74, 6) is -1.29. The summed E-state index contributed by atoms with van der Waals surface area (Å²) in [7, 11) is 1.39. The van der Waals surface area contributed by atoms with E-state index in [1.165, 1.54) is 7.11 Å². The maximum atomic E-state index is 12.8. The fraction of sp³-hybridized carbons (Fsp3) is 0.364. The highest BCUT2D eigenvalue weighted by Crippen LogP contribution is 2.31. The van der Waals surface area contributed by atoms with E-state index < -0.39 is 42.6 Å². The van der Waals surface area contributed by atoms with Gasteiger partial charge in [0.15, 0.2) is 18.5 Å². The number of carbonyl (C=O) groups is 2. The molecule has 2 aromatic carbocycles. The van der Waals surface area contributed by atoms with Crippen LogP contribution in [0.3, 0.4) is 0 Å². The molecule has 1 saturated heterocycles. The van der Waals surface area contributed by atoms with Crippen LogP contribution in [0, 0.1) is 0 Å². The van der Waals surface area contributed by atoms with E-state index in [0.717, 1.165) is 0 Å². The second kappa shape index (κ2) is 10.6. The smallest absolute Gasteiger partial charge is 0.338 e. The highest BCUT2D eigenvalue weighted by molar-refractivity contribution is 5.90. The predicted octanol–water partition coefficient (Wildman–Crippen LogP) is 3.90. The Labute approximate surface area is 179 Å². The topological polar surface area (TPSA) is 120 Å². The van der Waals surface area contributed by atoms with Gasteiger partial charge < -0.3 is 18.9 Å². The van der Waals surface area contributed by atoms with Crippen LogP contribution >= 0.6 is 0 Å². The Kier molecular flexibility index (Phi) is 7.61. The van der Waals surface area contributed by atoms with Crippen molar-refractivity contribution >= 4 is 11.9 Å². The molecular weight excluding hydrogens is 402 g/mol. The van der Waals surface area contributed by atoms with E-state index in [0.29, 0.717) is 17.5 Å². The van der Waals surface area contributed by atoms with E-state index in [-0.39, 0.29) is 0 Å². The van der Waals surface area contributed by atoms with Gasteiger partial charge in [0.1, 0.15) is 6.04 Å². The number of esters is 2. The molecule has 0 N–H and O–H groups in total. The van der Waals surface area contributed by atoms with Crippen LogP contribution in [0.1, 0.15) is 34.1 Å². The summed E-state index contributed by atoms with van der Waals surface area (Å²) in [6, 6.07) is 15.8. The molecule has 0 aliphatic carbocycles. The van der Waals surface area contributed by atoms with Gasteiger partial charge in [0.05, 0.1) is 17.2 Å². The van der Waals surface area contributed by atoms with Crippen LogP contribution in [0.25, 0.3) is 10.4 Å². The summed E-state index contributed by atoms with van der Waals surface area (Å²) in [5, 5.41) is 3.79. The Morgan fingerprint density at radius 1 is 0.968 bits per heavy atom. The molecule has 0 amide bonds. The molecule has 0 saturated carbocycles. The fourth-order valence-corrected chi connectivity index (χ4v) is 3.41. The number of ether oxygens (including phenoxy) is 4. The van der Waals surface area contributed by atoms with E-state index in [9.17, 15) is 9.59 Å². The summed E-state index contributed by atoms with van der Waals surface area (Å²) in [5.41, 5.74) is 9.71. The molecule has 0 unspecified atom stereocenters. The molecule has 1 heterocycles. The number of hydrogen-bond donors (Lipinski definition) is 0. The standard InChI is InChI=1S/C22H23N3O6/c1-3-16-17(24-25-23)18(30-20(26)14-10-6-4-7-11-14)19(22(28-2)29-16)31-21(27)15-12-8-5-9-13-15/h4-13,16-19,22H,3H2,1-2H3/t16-,17-,18+,19-,22+/m1/s1. The van der Waals surface area contributed by atoms with Crippen LogP contribution in [-0.2, 0) is 18.9 Å². The summed E-state index contributed by atoms with van der Waals surface area (Å²) >= 11 is 0. The van der Waals surface area contributed by atoms with Gasteiger partial charge in [-0.2, -0.15) is 0 Å². The van der Waals surface area contributed by atoms with Crippen LogP contribution in [-0.4, -0.2) is 49.7 Å². The third-order valence-corrected chi connectivity index (χ3v) is 4.94. The van der Waals surface area contributed by atoms with Crippen molar-refractivity contribution in [3.8, 4) is 0 Å².